The van der Waals surface area contributed by atoms with Crippen molar-refractivity contribution >= 4 is 5.97 Å². The second-order valence-electron chi connectivity index (χ2n) is 8.27. The van der Waals surface area contributed by atoms with Gasteiger partial charge in [0, 0.05) is 17.4 Å². The van der Waals surface area contributed by atoms with Crippen LogP contribution in [-0.2, 0) is 4.74 Å². The monoisotopic (exact) mass is 384 g/mol. The predicted molar refractivity (Wildman–Crippen MR) is 103 cm³/mol. The van der Waals surface area contributed by atoms with Crippen LogP contribution >= 0.6 is 0 Å². The molecule has 2 heterocycles. The molecule has 2 aliphatic heterocycles. The van der Waals surface area contributed by atoms with Gasteiger partial charge in [0.05, 0.1) is 17.8 Å². The zero-order valence-electron chi connectivity index (χ0n) is 16.3. The maximum Gasteiger partial charge on any atom is 0.335 e. The lowest BCUT2D eigenvalue weighted by Crippen LogP contribution is -2.50. The van der Waals surface area contributed by atoms with Crippen molar-refractivity contribution in [3.63, 3.8) is 0 Å². The molecule has 2 aromatic rings. The number of benzene rings is 2. The fourth-order valence-corrected chi connectivity index (χ4v) is 4.66. The molecular weight excluding hydrogens is 359 g/mol. The van der Waals surface area contributed by atoms with Gasteiger partial charge in [0.2, 0.25) is 0 Å². The van der Waals surface area contributed by atoms with Crippen molar-refractivity contribution in [3.8, 4) is 5.75 Å². The molecule has 4 atom stereocenters. The van der Waals surface area contributed by atoms with E-state index in [1.807, 2.05) is 12.1 Å². The topological polar surface area (TPSA) is 55.8 Å². The predicted octanol–water partition coefficient (Wildman–Crippen LogP) is 5.33. The molecule has 2 aliphatic rings. The summed E-state index contributed by atoms with van der Waals surface area (Å²) in [6.45, 7) is 6.19. The highest BCUT2D eigenvalue weighted by Gasteiger charge is 2.50. The molecule has 0 aliphatic carbocycles. The summed E-state index contributed by atoms with van der Waals surface area (Å²) in [7, 11) is 0. The van der Waals surface area contributed by atoms with Crippen molar-refractivity contribution in [1.29, 1.82) is 0 Å². The number of carboxylic acid groups (broad SMARTS) is 1. The average Bonchev–Trinajstić information content (AvgIpc) is 2.67. The fraction of sp³-hybridized carbons (Fsp3) is 0.435. The zero-order chi connectivity index (χ0) is 20.1. The average molecular weight is 384 g/mol. The summed E-state index contributed by atoms with van der Waals surface area (Å²) >= 11 is 0. The molecule has 1 N–H and O–H groups in total. The Morgan fingerprint density at radius 2 is 1.93 bits per heavy atom. The maximum absolute atomic E-state index is 13.4. The van der Waals surface area contributed by atoms with Crippen molar-refractivity contribution in [3.05, 3.63) is 65.0 Å². The van der Waals surface area contributed by atoms with Gasteiger partial charge in [-0.05, 0) is 62.6 Å². The van der Waals surface area contributed by atoms with Crippen LogP contribution in [0.1, 0.15) is 67.1 Å². The molecular formula is C23H25FO4. The molecule has 0 spiro atoms. The third-order valence-electron chi connectivity index (χ3n) is 6.17. The van der Waals surface area contributed by atoms with Crippen LogP contribution in [0, 0.1) is 11.7 Å². The third-order valence-corrected chi connectivity index (χ3v) is 6.17. The normalized spacial score (nSPS) is 28.0. The number of carbonyl (C=O) groups is 1. The van der Waals surface area contributed by atoms with E-state index in [0.29, 0.717) is 5.75 Å². The van der Waals surface area contributed by atoms with Gasteiger partial charge in [-0.25, -0.2) is 9.18 Å². The molecule has 5 heteroatoms. The molecule has 0 saturated carbocycles. The van der Waals surface area contributed by atoms with E-state index in [1.165, 1.54) is 12.1 Å². The fourth-order valence-electron chi connectivity index (χ4n) is 4.66. The number of halogens is 1. The van der Waals surface area contributed by atoms with Gasteiger partial charge < -0.3 is 14.6 Å². The van der Waals surface area contributed by atoms with E-state index < -0.39 is 11.6 Å². The number of fused-ring (bicyclic) bond motifs is 3. The smallest absolute Gasteiger partial charge is 0.335 e. The lowest BCUT2D eigenvalue weighted by molar-refractivity contribution is -0.159. The third kappa shape index (κ3) is 3.18. The zero-order valence-corrected chi connectivity index (χ0v) is 16.3. The van der Waals surface area contributed by atoms with Gasteiger partial charge in [-0.3, -0.25) is 0 Å². The minimum Gasteiger partial charge on any atom is -0.487 e. The number of carboxylic acids is 1. The number of ether oxygens (including phenoxy) is 2. The lowest BCUT2D eigenvalue weighted by atomic mass is 9.70. The molecule has 0 amide bonds. The maximum atomic E-state index is 13.4. The summed E-state index contributed by atoms with van der Waals surface area (Å²) < 4.78 is 26.2. The molecule has 148 valence electrons. The van der Waals surface area contributed by atoms with Gasteiger partial charge in [0.15, 0.2) is 0 Å². The summed E-state index contributed by atoms with van der Waals surface area (Å²) in [5, 5.41) is 9.38. The standard InChI is InChI=1S/C23H25FO4/c1-4-19-16(13-5-8-15(24)9-6-13)12-18-21(27-19)17-11-14(22(25)26)7-10-20(17)28-23(18,2)3/h5-11,16,18-19,21H,4,12H2,1-3H3,(H,25,26)/t16-,18-,19-,21+/m0/s1. The van der Waals surface area contributed by atoms with Crippen molar-refractivity contribution in [1.82, 2.24) is 0 Å². The Balaban J connectivity index is 1.74. The van der Waals surface area contributed by atoms with Crippen LogP contribution in [0.2, 0.25) is 0 Å². The number of rotatable bonds is 3. The minimum absolute atomic E-state index is 0.0260. The summed E-state index contributed by atoms with van der Waals surface area (Å²) in [6.07, 6.45) is 1.40. The Labute approximate surface area is 164 Å². The quantitative estimate of drug-likeness (QED) is 0.777. The van der Waals surface area contributed by atoms with E-state index in [9.17, 15) is 14.3 Å². The van der Waals surface area contributed by atoms with Gasteiger partial charge in [0.25, 0.3) is 0 Å². The Bertz CT molecular complexity index is 890. The molecule has 1 saturated heterocycles. The molecule has 28 heavy (non-hydrogen) atoms. The molecule has 4 nitrogen and oxygen atoms in total. The second kappa shape index (κ2) is 6.89. The van der Waals surface area contributed by atoms with Crippen molar-refractivity contribution in [2.24, 2.45) is 5.92 Å². The van der Waals surface area contributed by atoms with Crippen LogP contribution in [0.5, 0.6) is 5.75 Å². The summed E-state index contributed by atoms with van der Waals surface area (Å²) in [5.41, 5.74) is 1.64. The molecule has 0 bridgehead atoms. The molecule has 0 aromatic heterocycles. The highest BCUT2D eigenvalue weighted by molar-refractivity contribution is 5.88. The van der Waals surface area contributed by atoms with Crippen LogP contribution in [0.3, 0.4) is 0 Å². The van der Waals surface area contributed by atoms with E-state index in [0.717, 1.165) is 24.0 Å². The Morgan fingerprint density at radius 1 is 1.21 bits per heavy atom. The van der Waals surface area contributed by atoms with Gasteiger partial charge in [-0.1, -0.05) is 19.1 Å². The highest BCUT2D eigenvalue weighted by atomic mass is 19.1. The van der Waals surface area contributed by atoms with Crippen LogP contribution in [-0.4, -0.2) is 22.8 Å². The summed E-state index contributed by atoms with van der Waals surface area (Å²) in [6, 6.07) is 11.6. The van der Waals surface area contributed by atoms with Gasteiger partial charge in [-0.15, -0.1) is 0 Å². The number of hydrogen-bond donors (Lipinski definition) is 1. The van der Waals surface area contributed by atoms with E-state index in [2.05, 4.69) is 20.8 Å². The molecule has 0 radical (unpaired) electrons. The second-order valence-corrected chi connectivity index (χ2v) is 8.27. The van der Waals surface area contributed by atoms with Crippen molar-refractivity contribution < 1.29 is 23.8 Å². The molecule has 2 aromatic carbocycles. The van der Waals surface area contributed by atoms with Crippen LogP contribution < -0.4 is 4.74 Å². The van der Waals surface area contributed by atoms with Gasteiger partial charge in [-0.2, -0.15) is 0 Å². The highest BCUT2D eigenvalue weighted by Crippen LogP contribution is 2.54. The van der Waals surface area contributed by atoms with E-state index in [4.69, 9.17) is 9.47 Å². The number of aromatic carboxylic acids is 1. The first kappa shape index (κ1) is 18.9. The first-order valence-electron chi connectivity index (χ1n) is 9.77. The van der Waals surface area contributed by atoms with Crippen LogP contribution in [0.15, 0.2) is 42.5 Å². The Kier molecular flexibility index (Phi) is 4.66. The Morgan fingerprint density at radius 3 is 2.57 bits per heavy atom. The first-order chi connectivity index (χ1) is 13.3. The SMILES string of the molecule is CC[C@@H]1O[C@@H]2c3cc(C(=O)O)ccc3OC(C)(C)[C@H]2C[C@H]1c1ccc(F)cc1. The first-order valence-corrected chi connectivity index (χ1v) is 9.77. The van der Waals surface area contributed by atoms with Gasteiger partial charge in [0.1, 0.15) is 17.2 Å². The minimum atomic E-state index is -0.962. The molecule has 4 rings (SSSR count). The van der Waals surface area contributed by atoms with E-state index in [1.54, 1.807) is 18.2 Å². The molecule has 0 unspecified atom stereocenters. The van der Waals surface area contributed by atoms with Crippen molar-refractivity contribution in [2.75, 3.05) is 0 Å². The summed E-state index contributed by atoms with van der Waals surface area (Å²) in [5.74, 6) is -0.328. The van der Waals surface area contributed by atoms with Gasteiger partial charge >= 0.3 is 5.97 Å². The van der Waals surface area contributed by atoms with E-state index in [-0.39, 0.29) is 35.4 Å². The molecule has 1 fully saturated rings. The van der Waals surface area contributed by atoms with E-state index >= 15 is 0 Å². The lowest BCUT2D eigenvalue weighted by Gasteiger charge is -2.51. The van der Waals surface area contributed by atoms with Crippen LogP contribution in [0.25, 0.3) is 0 Å². The largest absolute Gasteiger partial charge is 0.487 e. The number of hydrogen-bond acceptors (Lipinski definition) is 3. The summed E-state index contributed by atoms with van der Waals surface area (Å²) in [4.78, 5) is 11.4. The van der Waals surface area contributed by atoms with Crippen molar-refractivity contribution in [2.45, 2.75) is 57.3 Å². The Hall–Kier alpha value is -2.40. The van der Waals surface area contributed by atoms with Crippen LogP contribution in [0.4, 0.5) is 4.39 Å².